The number of halogens is 2. The molecule has 2 aromatic rings. The summed E-state index contributed by atoms with van der Waals surface area (Å²) in [4.78, 5) is 12.0. The molecule has 0 saturated carbocycles. The van der Waals surface area contributed by atoms with Gasteiger partial charge in [0.1, 0.15) is 0 Å². The van der Waals surface area contributed by atoms with E-state index >= 15 is 0 Å². The molecular formula is C15H15Br2N3O. The molecule has 1 aromatic carbocycles. The third-order valence-corrected chi connectivity index (χ3v) is 4.06. The first kappa shape index (κ1) is 16.0. The van der Waals surface area contributed by atoms with E-state index in [1.165, 1.54) is 6.08 Å². The van der Waals surface area contributed by atoms with Crippen molar-refractivity contribution in [3.63, 3.8) is 0 Å². The van der Waals surface area contributed by atoms with E-state index in [-0.39, 0.29) is 5.91 Å². The van der Waals surface area contributed by atoms with Crippen LogP contribution in [0.25, 0.3) is 6.08 Å². The number of anilines is 1. The number of amides is 1. The van der Waals surface area contributed by atoms with Gasteiger partial charge in [0.25, 0.3) is 0 Å². The third kappa shape index (κ3) is 4.28. The van der Waals surface area contributed by atoms with Gasteiger partial charge in [-0.1, -0.05) is 15.9 Å². The molecule has 110 valence electrons. The number of hydrogen-bond acceptors (Lipinski definition) is 2. The first-order chi connectivity index (χ1) is 9.99. The minimum Gasteiger partial charge on any atom is -0.321 e. The van der Waals surface area contributed by atoms with Crippen LogP contribution in [-0.4, -0.2) is 15.7 Å². The van der Waals surface area contributed by atoms with E-state index in [4.69, 9.17) is 0 Å². The van der Waals surface area contributed by atoms with Crippen molar-refractivity contribution in [2.24, 2.45) is 0 Å². The standard InChI is InChI=1S/C15H15Br2N3O/c1-3-20-9-11(10(2)19-20)4-7-15(21)18-14-6-5-12(16)8-13(14)17/h4-9H,3H2,1-2H3,(H,18,21)/b7-4+. The van der Waals surface area contributed by atoms with E-state index in [0.29, 0.717) is 0 Å². The molecule has 4 nitrogen and oxygen atoms in total. The molecule has 0 unspecified atom stereocenters. The number of nitrogens with zero attached hydrogens (tertiary/aromatic N) is 2. The van der Waals surface area contributed by atoms with E-state index in [0.717, 1.165) is 32.4 Å². The summed E-state index contributed by atoms with van der Waals surface area (Å²) in [5, 5.41) is 7.16. The van der Waals surface area contributed by atoms with Gasteiger partial charge in [0.2, 0.25) is 5.91 Å². The van der Waals surface area contributed by atoms with E-state index in [2.05, 4.69) is 42.3 Å². The minimum absolute atomic E-state index is 0.179. The van der Waals surface area contributed by atoms with Gasteiger partial charge >= 0.3 is 0 Å². The van der Waals surface area contributed by atoms with Gasteiger partial charge in [0.15, 0.2) is 0 Å². The van der Waals surface area contributed by atoms with Crippen molar-refractivity contribution in [1.82, 2.24) is 9.78 Å². The van der Waals surface area contributed by atoms with Gasteiger partial charge < -0.3 is 5.32 Å². The molecule has 0 saturated heterocycles. The van der Waals surface area contributed by atoms with Crippen LogP contribution in [0.2, 0.25) is 0 Å². The molecule has 21 heavy (non-hydrogen) atoms. The topological polar surface area (TPSA) is 46.9 Å². The van der Waals surface area contributed by atoms with Crippen LogP contribution < -0.4 is 5.32 Å². The second kappa shape index (κ2) is 7.04. The molecule has 0 aliphatic rings. The molecule has 0 aliphatic heterocycles. The number of aryl methyl sites for hydroxylation is 2. The van der Waals surface area contributed by atoms with Crippen LogP contribution in [0, 0.1) is 6.92 Å². The summed E-state index contributed by atoms with van der Waals surface area (Å²) in [5.74, 6) is -0.179. The Hall–Kier alpha value is -1.40. The molecule has 0 aliphatic carbocycles. The molecule has 2 rings (SSSR count). The highest BCUT2D eigenvalue weighted by atomic mass is 79.9. The lowest BCUT2D eigenvalue weighted by molar-refractivity contribution is -0.111. The summed E-state index contributed by atoms with van der Waals surface area (Å²) >= 11 is 6.79. The van der Waals surface area contributed by atoms with Crippen LogP contribution in [0.15, 0.2) is 39.4 Å². The highest BCUT2D eigenvalue weighted by molar-refractivity contribution is 9.11. The first-order valence-corrected chi connectivity index (χ1v) is 8.06. The molecule has 6 heteroatoms. The Balaban J connectivity index is 2.07. The third-order valence-electron chi connectivity index (χ3n) is 2.91. The lowest BCUT2D eigenvalue weighted by Crippen LogP contribution is -2.08. The Morgan fingerprint density at radius 1 is 1.43 bits per heavy atom. The lowest BCUT2D eigenvalue weighted by Gasteiger charge is -2.05. The normalized spacial score (nSPS) is 11.0. The van der Waals surface area contributed by atoms with Gasteiger partial charge in [-0.15, -0.1) is 0 Å². The Bertz CT molecular complexity index is 692. The number of hydrogen-bond donors (Lipinski definition) is 1. The average molecular weight is 413 g/mol. The number of aromatic nitrogens is 2. The van der Waals surface area contributed by atoms with E-state index < -0.39 is 0 Å². The number of carbonyl (C=O) groups is 1. The van der Waals surface area contributed by atoms with Crippen LogP contribution in [0.4, 0.5) is 5.69 Å². The van der Waals surface area contributed by atoms with Crippen molar-refractivity contribution in [1.29, 1.82) is 0 Å². The second-order valence-corrected chi connectivity index (χ2v) is 6.24. The van der Waals surface area contributed by atoms with Crippen molar-refractivity contribution < 1.29 is 4.79 Å². The van der Waals surface area contributed by atoms with E-state index in [9.17, 15) is 4.79 Å². The summed E-state index contributed by atoms with van der Waals surface area (Å²) in [6, 6.07) is 5.59. The Labute approximate surface area is 140 Å². The van der Waals surface area contributed by atoms with Crippen molar-refractivity contribution in [3.05, 3.63) is 50.7 Å². The summed E-state index contributed by atoms with van der Waals surface area (Å²) in [7, 11) is 0. The maximum absolute atomic E-state index is 12.0. The Morgan fingerprint density at radius 2 is 2.19 bits per heavy atom. The van der Waals surface area contributed by atoms with Gasteiger partial charge in [-0.25, -0.2) is 0 Å². The molecule has 1 heterocycles. The fraction of sp³-hybridized carbons (Fsp3) is 0.200. The van der Waals surface area contributed by atoms with Gasteiger partial charge in [-0.05, 0) is 54.1 Å². The fourth-order valence-electron chi connectivity index (χ4n) is 1.79. The largest absolute Gasteiger partial charge is 0.321 e. The lowest BCUT2D eigenvalue weighted by atomic mass is 10.2. The average Bonchev–Trinajstić information content (AvgIpc) is 2.80. The van der Waals surface area contributed by atoms with Gasteiger partial charge in [0, 0.05) is 33.3 Å². The van der Waals surface area contributed by atoms with Crippen molar-refractivity contribution in [2.45, 2.75) is 20.4 Å². The SMILES string of the molecule is CCn1cc(/C=C/C(=O)Nc2ccc(Br)cc2Br)c(C)n1. The molecule has 0 atom stereocenters. The highest BCUT2D eigenvalue weighted by Crippen LogP contribution is 2.26. The smallest absolute Gasteiger partial charge is 0.248 e. The Kier molecular flexibility index (Phi) is 5.36. The number of carbonyl (C=O) groups excluding carboxylic acids is 1. The zero-order valence-electron chi connectivity index (χ0n) is 11.7. The Morgan fingerprint density at radius 3 is 2.81 bits per heavy atom. The molecule has 0 bridgehead atoms. The van der Waals surface area contributed by atoms with Crippen molar-refractivity contribution in [2.75, 3.05) is 5.32 Å². The molecule has 1 N–H and O–H groups in total. The van der Waals surface area contributed by atoms with Gasteiger partial charge in [0.05, 0.1) is 11.4 Å². The number of rotatable bonds is 4. The van der Waals surface area contributed by atoms with Crippen LogP contribution in [0.1, 0.15) is 18.2 Å². The van der Waals surface area contributed by atoms with Crippen LogP contribution in [0.3, 0.4) is 0 Å². The minimum atomic E-state index is -0.179. The monoisotopic (exact) mass is 411 g/mol. The number of benzene rings is 1. The molecule has 1 aromatic heterocycles. The van der Waals surface area contributed by atoms with Gasteiger partial charge in [-0.3, -0.25) is 9.48 Å². The molecule has 1 amide bonds. The van der Waals surface area contributed by atoms with E-state index in [1.54, 1.807) is 6.08 Å². The number of nitrogens with one attached hydrogen (secondary N) is 1. The van der Waals surface area contributed by atoms with Crippen LogP contribution in [0.5, 0.6) is 0 Å². The maximum atomic E-state index is 12.0. The molecule has 0 fully saturated rings. The zero-order chi connectivity index (χ0) is 15.4. The highest BCUT2D eigenvalue weighted by Gasteiger charge is 2.05. The fourth-order valence-corrected chi connectivity index (χ4v) is 2.94. The summed E-state index contributed by atoms with van der Waals surface area (Å²) in [5.41, 5.74) is 2.58. The predicted molar refractivity (Wildman–Crippen MR) is 92.1 cm³/mol. The molecule has 0 spiro atoms. The van der Waals surface area contributed by atoms with E-state index in [1.807, 2.05) is 42.9 Å². The van der Waals surface area contributed by atoms with Crippen molar-refractivity contribution >= 4 is 49.5 Å². The van der Waals surface area contributed by atoms with Gasteiger partial charge in [-0.2, -0.15) is 5.10 Å². The predicted octanol–water partition coefficient (Wildman–Crippen LogP) is 4.39. The summed E-state index contributed by atoms with van der Waals surface area (Å²) in [6.07, 6.45) is 5.21. The maximum Gasteiger partial charge on any atom is 0.248 e. The molecule has 0 radical (unpaired) electrons. The first-order valence-electron chi connectivity index (χ1n) is 6.47. The quantitative estimate of drug-likeness (QED) is 0.757. The zero-order valence-corrected chi connectivity index (χ0v) is 14.9. The molecular weight excluding hydrogens is 398 g/mol. The summed E-state index contributed by atoms with van der Waals surface area (Å²) < 4.78 is 3.62. The van der Waals surface area contributed by atoms with Crippen LogP contribution >= 0.6 is 31.9 Å². The second-order valence-electron chi connectivity index (χ2n) is 4.47. The summed E-state index contributed by atoms with van der Waals surface area (Å²) in [6.45, 7) is 4.76. The van der Waals surface area contributed by atoms with Crippen molar-refractivity contribution in [3.8, 4) is 0 Å². The van der Waals surface area contributed by atoms with Crippen LogP contribution in [-0.2, 0) is 11.3 Å².